The van der Waals surface area contributed by atoms with Crippen molar-refractivity contribution in [2.45, 2.75) is 0 Å². The summed E-state index contributed by atoms with van der Waals surface area (Å²) in [6.45, 7) is 0. The Balaban J connectivity index is -0.00000000161. The van der Waals surface area contributed by atoms with E-state index in [0.717, 1.165) is 0 Å². The van der Waals surface area contributed by atoms with Crippen molar-refractivity contribution in [3.63, 3.8) is 0 Å². The van der Waals surface area contributed by atoms with E-state index in [1.54, 1.807) is 0 Å². The smallest absolute Gasteiger partial charge is 0.0431 e. The molecule has 0 saturated carbocycles. The Morgan fingerprint density at radius 3 is 0.583 bits per heavy atom. The van der Waals surface area contributed by atoms with Gasteiger partial charge in [-0.15, -0.1) is 0 Å². The summed E-state index contributed by atoms with van der Waals surface area (Å²) < 4.78 is 0. The maximum absolute atomic E-state index is 8.33. The number of carbonyl (C=O) groups excluding carboxylic acids is 1. The van der Waals surface area contributed by atoms with Gasteiger partial charge >= 0.3 is 0 Å². The third-order valence-electron chi connectivity index (χ3n) is 0. The monoisotopic (exact) mass is 204 g/mol. The Morgan fingerprint density at radius 2 is 0.583 bits per heavy atom. The van der Waals surface area contributed by atoms with Gasteiger partial charge in [0.25, 0.3) is 0 Å². The largest absolute Gasteiger partial charge is 0.652 e. The lowest BCUT2D eigenvalue weighted by molar-refractivity contribution is -0.415. The van der Waals surface area contributed by atoms with E-state index in [1.165, 1.54) is 0 Å². The summed E-state index contributed by atoms with van der Waals surface area (Å²) in [6, 6.07) is 0. The molecule has 12 heavy (non-hydrogen) atoms. The number of rotatable bonds is 0. The van der Waals surface area contributed by atoms with Gasteiger partial charge in [-0.3, -0.25) is 0 Å². The molecule has 0 aromatic heterocycles. The number of hydrogen-bond acceptors (Lipinski definition) is 3. The van der Waals surface area contributed by atoms with Crippen molar-refractivity contribution in [2.75, 3.05) is 0 Å². The topological polar surface area (TPSA) is 315 Å². The minimum absolute atomic E-state index is 0. The van der Waals surface area contributed by atoms with Gasteiger partial charge in [0.15, 0.2) is 0 Å². The summed E-state index contributed by atoms with van der Waals surface area (Å²) in [5.41, 5.74) is 0. The van der Waals surface area contributed by atoms with E-state index in [-0.39, 0.29) is 43.8 Å². The zero-order valence-electron chi connectivity index (χ0n) is 5.72. The van der Waals surface area contributed by atoms with Crippen LogP contribution in [0, 0.1) is 0 Å². The molecule has 11 heteroatoms. The molecule has 0 amide bonds. The molecule has 0 aromatic rings. The van der Waals surface area contributed by atoms with Crippen LogP contribution in [0.1, 0.15) is 0 Å². The summed E-state index contributed by atoms with van der Waals surface area (Å²) in [5.74, 6) is 0. The van der Waals surface area contributed by atoms with E-state index in [2.05, 4.69) is 0 Å². The molecule has 0 radical (unpaired) electrons. The SMILES string of the molecule is O.O.O.O.O.O.O.O.O=C([O-])[O-]. The summed E-state index contributed by atoms with van der Waals surface area (Å²) in [5, 5.41) is 16.7. The van der Waals surface area contributed by atoms with Gasteiger partial charge in [0.2, 0.25) is 0 Å². The molecule has 0 spiro atoms. The van der Waals surface area contributed by atoms with Crippen molar-refractivity contribution in [1.82, 2.24) is 0 Å². The Hall–Kier alpha value is -1.05. The van der Waals surface area contributed by atoms with E-state index in [1.807, 2.05) is 0 Å². The maximum atomic E-state index is 8.33. The minimum Gasteiger partial charge on any atom is -0.652 e. The van der Waals surface area contributed by atoms with Gasteiger partial charge in [-0.1, -0.05) is 0 Å². The molecule has 0 atom stereocenters. The van der Waals surface area contributed by atoms with Crippen molar-refractivity contribution in [3.05, 3.63) is 0 Å². The second-order valence-electron chi connectivity index (χ2n) is 0.250. The Labute approximate surface area is 66.3 Å². The van der Waals surface area contributed by atoms with Crippen LogP contribution in [0.5, 0.6) is 0 Å². The third-order valence-corrected chi connectivity index (χ3v) is 0. The molecule has 0 rings (SSSR count). The van der Waals surface area contributed by atoms with Crippen molar-refractivity contribution in [3.8, 4) is 0 Å². The summed E-state index contributed by atoms with van der Waals surface area (Å²) in [6.07, 6.45) is -2.33. The standard InChI is InChI=1S/CH2O3.8H2O/c2-1(3)4;;;;;;;;/h(H2,2,3,4);8*1H2/p-2. The van der Waals surface area contributed by atoms with E-state index in [9.17, 15) is 0 Å². The van der Waals surface area contributed by atoms with Crippen LogP contribution < -0.4 is 10.2 Å². The van der Waals surface area contributed by atoms with Gasteiger partial charge in [0, 0.05) is 0 Å². The fourth-order valence-corrected chi connectivity index (χ4v) is 0. The molecule has 0 aliphatic carbocycles. The first-order valence-electron chi connectivity index (χ1n) is 0.612. The first kappa shape index (κ1) is 285. The van der Waals surface area contributed by atoms with Gasteiger partial charge in [0.1, 0.15) is 0 Å². The van der Waals surface area contributed by atoms with Crippen LogP contribution >= 0.6 is 0 Å². The minimum atomic E-state index is -2.33. The van der Waals surface area contributed by atoms with Crippen molar-refractivity contribution >= 4 is 6.16 Å². The Morgan fingerprint density at radius 1 is 0.583 bits per heavy atom. The van der Waals surface area contributed by atoms with Gasteiger partial charge in [0.05, 0.1) is 0 Å². The normalized spacial score (nSPS) is 2.00. The van der Waals surface area contributed by atoms with E-state index in [4.69, 9.17) is 15.0 Å². The Kier molecular flexibility index (Phi) is 4980. The average molecular weight is 204 g/mol. The van der Waals surface area contributed by atoms with Crippen LogP contribution in [-0.2, 0) is 0 Å². The van der Waals surface area contributed by atoms with Crippen LogP contribution in [0.3, 0.4) is 0 Å². The van der Waals surface area contributed by atoms with E-state index >= 15 is 0 Å². The lowest BCUT2D eigenvalue weighted by atomic mass is 11.5. The molecule has 0 fully saturated rings. The van der Waals surface area contributed by atoms with Gasteiger partial charge in [-0.2, -0.15) is 0 Å². The molecule has 0 aliphatic heterocycles. The molecule has 0 aliphatic rings. The van der Waals surface area contributed by atoms with Crippen LogP contribution in [-0.4, -0.2) is 50.0 Å². The second kappa shape index (κ2) is 210. The zero-order valence-corrected chi connectivity index (χ0v) is 5.72. The van der Waals surface area contributed by atoms with Gasteiger partial charge < -0.3 is 58.8 Å². The fourth-order valence-electron chi connectivity index (χ4n) is 0. The lowest BCUT2D eigenvalue weighted by Gasteiger charge is -1.96. The number of hydrogen-bond donors (Lipinski definition) is 0. The van der Waals surface area contributed by atoms with E-state index in [0.29, 0.717) is 0 Å². The molecule has 0 bridgehead atoms. The molecule has 0 unspecified atom stereocenters. The predicted molar refractivity (Wildman–Crippen MR) is 34.3 cm³/mol. The highest BCUT2D eigenvalue weighted by molar-refractivity contribution is 5.47. The first-order valence-corrected chi connectivity index (χ1v) is 0.612. The highest BCUT2D eigenvalue weighted by atomic mass is 16.6. The number of carboxylic acid groups (broad SMARTS) is 2. The second-order valence-corrected chi connectivity index (χ2v) is 0.250. The quantitative estimate of drug-likeness (QED) is 0.370. The highest BCUT2D eigenvalue weighted by Crippen LogP contribution is 1.21. The van der Waals surface area contributed by atoms with Crippen molar-refractivity contribution in [2.24, 2.45) is 0 Å². The molecule has 0 aromatic carbocycles. The van der Waals surface area contributed by atoms with Crippen LogP contribution in [0.15, 0.2) is 0 Å². The van der Waals surface area contributed by atoms with Crippen molar-refractivity contribution < 1.29 is 58.8 Å². The summed E-state index contributed by atoms with van der Waals surface area (Å²) in [4.78, 5) is 8.33. The average Bonchev–Trinajstić information content (AvgIpc) is 0.811. The lowest BCUT2D eigenvalue weighted by Crippen LogP contribution is -2.37. The maximum Gasteiger partial charge on any atom is -0.0431 e. The van der Waals surface area contributed by atoms with Crippen LogP contribution in [0.25, 0.3) is 0 Å². The van der Waals surface area contributed by atoms with E-state index < -0.39 is 6.16 Å². The fraction of sp³-hybridized carbons (Fsp3) is 0. The molecule has 11 nitrogen and oxygen atoms in total. The van der Waals surface area contributed by atoms with Gasteiger partial charge in [-0.25, -0.2) is 0 Å². The van der Waals surface area contributed by atoms with Crippen LogP contribution in [0.4, 0.5) is 4.79 Å². The Bertz CT molecular complexity index is 28.0. The summed E-state index contributed by atoms with van der Waals surface area (Å²) in [7, 11) is 0. The molecular weight excluding hydrogens is 188 g/mol. The van der Waals surface area contributed by atoms with Crippen molar-refractivity contribution in [1.29, 1.82) is 0 Å². The molecular formula is CH16O11-2. The van der Waals surface area contributed by atoms with Crippen LogP contribution in [0.2, 0.25) is 0 Å². The molecule has 16 N–H and O–H groups in total. The number of carbonyl (C=O) groups is 1. The molecule has 88 valence electrons. The third kappa shape index (κ3) is 513. The highest BCUT2D eigenvalue weighted by Gasteiger charge is 1.26. The summed E-state index contributed by atoms with van der Waals surface area (Å²) >= 11 is 0. The predicted octanol–water partition coefficient (Wildman–Crippen LogP) is -9.04. The first-order chi connectivity index (χ1) is 1.73. The molecule has 0 heterocycles. The van der Waals surface area contributed by atoms with Gasteiger partial charge in [-0.05, 0) is 6.16 Å². The zero-order chi connectivity index (χ0) is 3.58. The molecule has 0 saturated heterocycles.